The van der Waals surface area contributed by atoms with E-state index in [1.54, 1.807) is 19.9 Å². The summed E-state index contributed by atoms with van der Waals surface area (Å²) in [6.45, 7) is 7.17. The number of aliphatic hydroxyl groups is 1. The Morgan fingerprint density at radius 2 is 1.81 bits per heavy atom. The van der Waals surface area contributed by atoms with Gasteiger partial charge in [0.05, 0.1) is 18.3 Å². The number of esters is 1. The van der Waals surface area contributed by atoms with Crippen molar-refractivity contribution in [1.29, 1.82) is 0 Å². The van der Waals surface area contributed by atoms with Crippen molar-refractivity contribution in [3.05, 3.63) is 34.4 Å². The number of methoxy groups -OCH3 is 1. The van der Waals surface area contributed by atoms with Crippen LogP contribution in [0, 0.1) is 13.8 Å². The summed E-state index contributed by atoms with van der Waals surface area (Å²) in [7, 11) is 1.35. The Bertz CT molecular complexity index is 414. The van der Waals surface area contributed by atoms with Crippen molar-refractivity contribution in [2.45, 2.75) is 33.3 Å². The summed E-state index contributed by atoms with van der Waals surface area (Å²) in [6.07, 6.45) is 0. The molecule has 0 radical (unpaired) electrons. The van der Waals surface area contributed by atoms with Gasteiger partial charge < -0.3 is 9.84 Å². The second-order valence-corrected chi connectivity index (χ2v) is 4.53. The molecule has 0 fully saturated rings. The van der Waals surface area contributed by atoms with E-state index in [4.69, 9.17) is 4.74 Å². The van der Waals surface area contributed by atoms with Gasteiger partial charge in [-0.2, -0.15) is 0 Å². The van der Waals surface area contributed by atoms with E-state index in [1.807, 2.05) is 19.9 Å². The fraction of sp³-hybridized carbons (Fsp3) is 0.462. The predicted molar refractivity (Wildman–Crippen MR) is 62.5 cm³/mol. The molecular formula is C13H18O3. The van der Waals surface area contributed by atoms with Crippen LogP contribution < -0.4 is 0 Å². The summed E-state index contributed by atoms with van der Waals surface area (Å²) < 4.78 is 4.70. The maximum atomic E-state index is 11.5. The van der Waals surface area contributed by atoms with Crippen molar-refractivity contribution in [3.8, 4) is 0 Å². The highest BCUT2D eigenvalue weighted by Crippen LogP contribution is 2.26. The summed E-state index contributed by atoms with van der Waals surface area (Å²) in [5.41, 5.74) is 2.12. The van der Waals surface area contributed by atoms with Gasteiger partial charge in [0.15, 0.2) is 0 Å². The second-order valence-electron chi connectivity index (χ2n) is 4.53. The first-order valence-electron chi connectivity index (χ1n) is 5.19. The molecule has 0 saturated carbocycles. The molecule has 0 aromatic heterocycles. The molecule has 0 atom stereocenters. The lowest BCUT2D eigenvalue weighted by atomic mass is 9.90. The zero-order chi connectivity index (χ0) is 12.5. The molecule has 0 heterocycles. The molecule has 0 aliphatic heterocycles. The fourth-order valence-electron chi connectivity index (χ4n) is 1.84. The summed E-state index contributed by atoms with van der Waals surface area (Å²) in [5.74, 6) is -0.372. The number of benzene rings is 1. The van der Waals surface area contributed by atoms with Gasteiger partial charge in [-0.3, -0.25) is 0 Å². The molecule has 1 aromatic rings. The number of hydrogen-bond donors (Lipinski definition) is 1. The lowest BCUT2D eigenvalue weighted by molar-refractivity contribution is 0.0597. The van der Waals surface area contributed by atoms with Crippen LogP contribution in [0.4, 0.5) is 0 Å². The lowest BCUT2D eigenvalue weighted by Crippen LogP contribution is -2.19. The predicted octanol–water partition coefficient (Wildman–Crippen LogP) is 2.32. The number of aryl methyl sites for hydroxylation is 2. The van der Waals surface area contributed by atoms with Gasteiger partial charge >= 0.3 is 5.97 Å². The van der Waals surface area contributed by atoms with Crippen LogP contribution in [0.1, 0.15) is 40.9 Å². The van der Waals surface area contributed by atoms with Gasteiger partial charge in [0, 0.05) is 0 Å². The van der Waals surface area contributed by atoms with E-state index in [-0.39, 0.29) is 5.97 Å². The third kappa shape index (κ3) is 2.42. The molecule has 0 unspecified atom stereocenters. The van der Waals surface area contributed by atoms with Gasteiger partial charge in [-0.15, -0.1) is 0 Å². The third-order valence-electron chi connectivity index (χ3n) is 2.64. The van der Waals surface area contributed by atoms with E-state index in [0.29, 0.717) is 5.56 Å². The van der Waals surface area contributed by atoms with Crippen LogP contribution in [0.5, 0.6) is 0 Å². The fourth-order valence-corrected chi connectivity index (χ4v) is 1.84. The smallest absolute Gasteiger partial charge is 0.338 e. The number of carbonyl (C=O) groups is 1. The second kappa shape index (κ2) is 4.26. The van der Waals surface area contributed by atoms with Crippen molar-refractivity contribution in [2.24, 2.45) is 0 Å². The van der Waals surface area contributed by atoms with E-state index in [1.165, 1.54) is 7.11 Å². The first-order chi connectivity index (χ1) is 7.27. The molecule has 0 aliphatic rings. The van der Waals surface area contributed by atoms with E-state index in [0.717, 1.165) is 16.7 Å². The van der Waals surface area contributed by atoms with Crippen LogP contribution in [0.3, 0.4) is 0 Å². The van der Waals surface area contributed by atoms with Crippen LogP contribution in [0.25, 0.3) is 0 Å². The van der Waals surface area contributed by atoms with Gasteiger partial charge in [-0.05, 0) is 50.5 Å². The minimum Gasteiger partial charge on any atom is -0.465 e. The summed E-state index contributed by atoms with van der Waals surface area (Å²) >= 11 is 0. The zero-order valence-electron chi connectivity index (χ0n) is 10.4. The van der Waals surface area contributed by atoms with Crippen LogP contribution in [-0.2, 0) is 10.3 Å². The molecule has 1 aromatic carbocycles. The van der Waals surface area contributed by atoms with Crippen molar-refractivity contribution in [3.63, 3.8) is 0 Å². The van der Waals surface area contributed by atoms with Crippen molar-refractivity contribution in [1.82, 2.24) is 0 Å². The van der Waals surface area contributed by atoms with E-state index >= 15 is 0 Å². The quantitative estimate of drug-likeness (QED) is 0.781. The standard InChI is InChI=1S/C13H18O3/c1-8-6-9(2)11(13(3,4)15)7-10(8)12(14)16-5/h6-7,15H,1-5H3. The van der Waals surface area contributed by atoms with Crippen LogP contribution in [-0.4, -0.2) is 18.2 Å². The molecule has 1 N–H and O–H groups in total. The Balaban J connectivity index is 3.39. The topological polar surface area (TPSA) is 46.5 Å². The summed E-state index contributed by atoms with van der Waals surface area (Å²) in [4.78, 5) is 11.5. The normalized spacial score (nSPS) is 11.4. The van der Waals surface area contributed by atoms with E-state index < -0.39 is 5.60 Å². The maximum absolute atomic E-state index is 11.5. The largest absolute Gasteiger partial charge is 0.465 e. The molecule has 3 heteroatoms. The van der Waals surface area contributed by atoms with Gasteiger partial charge in [0.1, 0.15) is 0 Å². The average Bonchev–Trinajstić information content (AvgIpc) is 2.14. The number of rotatable bonds is 2. The van der Waals surface area contributed by atoms with Gasteiger partial charge in [-0.1, -0.05) is 6.07 Å². The molecule has 88 valence electrons. The van der Waals surface area contributed by atoms with Gasteiger partial charge in [-0.25, -0.2) is 4.79 Å². The molecule has 16 heavy (non-hydrogen) atoms. The van der Waals surface area contributed by atoms with Crippen molar-refractivity contribution < 1.29 is 14.6 Å². The molecule has 1 rings (SSSR count). The number of carbonyl (C=O) groups excluding carboxylic acids is 1. The lowest BCUT2D eigenvalue weighted by Gasteiger charge is -2.22. The number of ether oxygens (including phenoxy) is 1. The summed E-state index contributed by atoms with van der Waals surface area (Å²) in [5, 5.41) is 9.99. The monoisotopic (exact) mass is 222 g/mol. The zero-order valence-corrected chi connectivity index (χ0v) is 10.4. The molecule has 0 amide bonds. The first kappa shape index (κ1) is 12.7. The highest BCUT2D eigenvalue weighted by atomic mass is 16.5. The summed E-state index contributed by atoms with van der Waals surface area (Å²) in [6, 6.07) is 3.59. The molecule has 3 nitrogen and oxygen atoms in total. The van der Waals surface area contributed by atoms with E-state index in [2.05, 4.69) is 0 Å². The van der Waals surface area contributed by atoms with Gasteiger partial charge in [0.2, 0.25) is 0 Å². The molecule has 0 bridgehead atoms. The minimum atomic E-state index is -0.958. The number of hydrogen-bond acceptors (Lipinski definition) is 3. The SMILES string of the molecule is COC(=O)c1cc(C(C)(C)O)c(C)cc1C. The molecule has 0 saturated heterocycles. The first-order valence-corrected chi connectivity index (χ1v) is 5.19. The molecular weight excluding hydrogens is 204 g/mol. The van der Waals surface area contributed by atoms with Crippen molar-refractivity contribution in [2.75, 3.05) is 7.11 Å². The Hall–Kier alpha value is -1.35. The van der Waals surface area contributed by atoms with Crippen LogP contribution in [0.2, 0.25) is 0 Å². The third-order valence-corrected chi connectivity index (χ3v) is 2.64. The maximum Gasteiger partial charge on any atom is 0.338 e. The van der Waals surface area contributed by atoms with Crippen LogP contribution in [0.15, 0.2) is 12.1 Å². The average molecular weight is 222 g/mol. The highest BCUT2D eigenvalue weighted by molar-refractivity contribution is 5.91. The Kier molecular flexibility index (Phi) is 3.38. The molecule has 0 spiro atoms. The highest BCUT2D eigenvalue weighted by Gasteiger charge is 2.21. The van der Waals surface area contributed by atoms with Crippen molar-refractivity contribution >= 4 is 5.97 Å². The Morgan fingerprint density at radius 3 is 2.25 bits per heavy atom. The van der Waals surface area contributed by atoms with Crippen LogP contribution >= 0.6 is 0 Å². The Labute approximate surface area is 96.1 Å². The van der Waals surface area contributed by atoms with E-state index in [9.17, 15) is 9.90 Å². The Morgan fingerprint density at radius 1 is 1.25 bits per heavy atom. The van der Waals surface area contributed by atoms with Gasteiger partial charge in [0.25, 0.3) is 0 Å². The molecule has 0 aliphatic carbocycles. The minimum absolute atomic E-state index is 0.372.